The van der Waals surface area contributed by atoms with E-state index in [1.165, 1.54) is 0 Å². The monoisotopic (exact) mass is 304 g/mol. The van der Waals surface area contributed by atoms with Gasteiger partial charge < -0.3 is 14.8 Å². The Hall–Kier alpha value is -2.47. The number of aromatic nitrogens is 2. The topological polar surface area (TPSA) is 67.2 Å². The highest BCUT2D eigenvalue weighted by molar-refractivity contribution is 6.32. The van der Waals surface area contributed by atoms with Crippen LogP contribution in [0.15, 0.2) is 41.2 Å². The lowest BCUT2D eigenvalue weighted by atomic mass is 9.92. The van der Waals surface area contributed by atoms with Crippen LogP contribution in [0.5, 0.6) is 5.75 Å². The van der Waals surface area contributed by atoms with E-state index in [4.69, 9.17) is 12.6 Å². The van der Waals surface area contributed by atoms with Gasteiger partial charge in [0, 0.05) is 11.3 Å². The lowest BCUT2D eigenvalue weighted by Crippen LogP contribution is -2.18. The maximum atomic E-state index is 12.5. The van der Waals surface area contributed by atoms with Gasteiger partial charge in [-0.2, -0.15) is 0 Å². The molecule has 2 aromatic rings. The molecule has 1 fully saturated rings. The average Bonchev–Trinajstić information content (AvgIpc) is 3.21. The molecule has 0 amide bonds. The maximum Gasteiger partial charge on any atom is 0.331 e. The Balaban J connectivity index is 1.79. The fourth-order valence-electron chi connectivity index (χ4n) is 3.45. The number of nitrogens with one attached hydrogen (secondary N) is 1. The molecule has 112 valence electrons. The lowest BCUT2D eigenvalue weighted by Gasteiger charge is -2.24. The number of allylic oxidation sites excluding steroid dienone is 4. The Kier molecular flexibility index (Phi) is 2.43. The van der Waals surface area contributed by atoms with Gasteiger partial charge in [0.1, 0.15) is 19.3 Å². The summed E-state index contributed by atoms with van der Waals surface area (Å²) >= 11 is 0. The Labute approximate surface area is 133 Å². The molecule has 0 saturated heterocycles. The summed E-state index contributed by atoms with van der Waals surface area (Å²) in [5, 5.41) is 10.2. The molecule has 3 atom stereocenters. The smallest absolute Gasteiger partial charge is 0.331 e. The highest BCUT2D eigenvalue weighted by Gasteiger charge is 2.37. The molecule has 0 bridgehead atoms. The van der Waals surface area contributed by atoms with Gasteiger partial charge in [-0.15, -0.1) is 0 Å². The van der Waals surface area contributed by atoms with Crippen molar-refractivity contribution in [1.29, 1.82) is 0 Å². The van der Waals surface area contributed by atoms with Crippen molar-refractivity contribution < 1.29 is 9.84 Å². The summed E-state index contributed by atoms with van der Waals surface area (Å²) < 4.78 is 7.08. The van der Waals surface area contributed by atoms with Gasteiger partial charge in [-0.1, -0.05) is 29.7 Å². The van der Waals surface area contributed by atoms with E-state index in [0.29, 0.717) is 40.0 Å². The number of ether oxygens (including phenoxy) is 1. The standard InChI is InChI=1S/C17H13BN2O3/c18-10-2-4-13-12(7-10)15-14(16(21)23-13)19-17(22)20(15)11-3-1-8-5-9(8)6-11/h1-4,6-9,16,21H,5H2,(H,19,22)/t8?,9-,16?/m0/s1. The second kappa shape index (κ2) is 4.29. The molecular weight excluding hydrogens is 291 g/mol. The van der Waals surface area contributed by atoms with Crippen LogP contribution in [0.2, 0.25) is 0 Å². The zero-order valence-electron chi connectivity index (χ0n) is 12.2. The number of fused-ring (bicyclic) bond motifs is 4. The molecule has 3 aliphatic rings. The molecule has 1 aromatic heterocycles. The van der Waals surface area contributed by atoms with E-state index in [1.807, 2.05) is 6.08 Å². The molecule has 0 spiro atoms. The van der Waals surface area contributed by atoms with Crippen LogP contribution in [0, 0.1) is 11.8 Å². The van der Waals surface area contributed by atoms with E-state index in [9.17, 15) is 9.90 Å². The molecule has 1 aliphatic heterocycles. The Morgan fingerprint density at radius 3 is 3.04 bits per heavy atom. The zero-order chi connectivity index (χ0) is 15.7. The summed E-state index contributed by atoms with van der Waals surface area (Å²) in [4.78, 5) is 15.2. The van der Waals surface area contributed by atoms with E-state index in [2.05, 4.69) is 17.1 Å². The SMILES string of the molecule is [B]c1ccc2c(c1)-c1c([nH]c(=O)n1C1=C[C@@H]3CC3C=C1)C(O)O2. The lowest BCUT2D eigenvalue weighted by molar-refractivity contribution is -0.0245. The van der Waals surface area contributed by atoms with Crippen molar-refractivity contribution in [1.82, 2.24) is 9.55 Å². The average molecular weight is 304 g/mol. The van der Waals surface area contributed by atoms with Gasteiger partial charge in [-0.3, -0.25) is 4.57 Å². The third-order valence-corrected chi connectivity index (χ3v) is 4.72. The molecule has 1 saturated carbocycles. The van der Waals surface area contributed by atoms with E-state index in [1.54, 1.807) is 22.8 Å². The molecule has 2 N–H and O–H groups in total. The van der Waals surface area contributed by atoms with E-state index in [-0.39, 0.29) is 5.69 Å². The van der Waals surface area contributed by atoms with Crippen molar-refractivity contribution in [3.8, 4) is 17.0 Å². The molecule has 5 rings (SSSR count). The fourth-order valence-corrected chi connectivity index (χ4v) is 3.45. The van der Waals surface area contributed by atoms with Gasteiger partial charge in [0.2, 0.25) is 6.29 Å². The van der Waals surface area contributed by atoms with E-state index < -0.39 is 6.29 Å². The third-order valence-electron chi connectivity index (χ3n) is 4.72. The summed E-state index contributed by atoms with van der Waals surface area (Å²) in [5.74, 6) is 1.63. The van der Waals surface area contributed by atoms with Gasteiger partial charge in [0.25, 0.3) is 0 Å². The molecule has 23 heavy (non-hydrogen) atoms. The molecular formula is C17H13BN2O3. The first kappa shape index (κ1) is 13.0. The van der Waals surface area contributed by atoms with E-state index in [0.717, 1.165) is 12.1 Å². The summed E-state index contributed by atoms with van der Waals surface area (Å²) in [6.45, 7) is 0. The van der Waals surface area contributed by atoms with Crippen molar-refractivity contribution in [3.63, 3.8) is 0 Å². The number of imidazole rings is 1. The fraction of sp³-hybridized carbons (Fsp3) is 0.235. The van der Waals surface area contributed by atoms with E-state index >= 15 is 0 Å². The number of hydrogen-bond donors (Lipinski definition) is 2. The first-order chi connectivity index (χ1) is 11.1. The van der Waals surface area contributed by atoms with Crippen LogP contribution in [0.1, 0.15) is 18.4 Å². The number of aliphatic hydroxyl groups excluding tert-OH is 1. The number of nitrogens with zero attached hydrogens (tertiary/aromatic N) is 1. The number of benzene rings is 1. The van der Waals surface area contributed by atoms with Crippen LogP contribution in [0.4, 0.5) is 0 Å². The van der Waals surface area contributed by atoms with Crippen LogP contribution in [-0.2, 0) is 0 Å². The van der Waals surface area contributed by atoms with Crippen LogP contribution in [0.3, 0.4) is 0 Å². The Bertz CT molecular complexity index is 953. The van der Waals surface area contributed by atoms with Crippen molar-refractivity contribution in [2.75, 3.05) is 0 Å². The van der Waals surface area contributed by atoms with Gasteiger partial charge in [-0.25, -0.2) is 4.79 Å². The number of aliphatic hydroxyl groups is 1. The van der Waals surface area contributed by atoms with Crippen molar-refractivity contribution in [3.05, 3.63) is 52.6 Å². The second-order valence-electron chi connectivity index (χ2n) is 6.27. The third kappa shape index (κ3) is 1.81. The number of rotatable bonds is 1. The molecule has 2 unspecified atom stereocenters. The minimum absolute atomic E-state index is 0.289. The van der Waals surface area contributed by atoms with Crippen LogP contribution in [0.25, 0.3) is 17.0 Å². The van der Waals surface area contributed by atoms with Crippen molar-refractivity contribution >= 4 is 19.0 Å². The summed E-state index contributed by atoms with van der Waals surface area (Å²) in [5.41, 5.74) is 2.80. The minimum Gasteiger partial charge on any atom is -0.458 e. The summed E-state index contributed by atoms with van der Waals surface area (Å²) in [6.07, 6.45) is 6.17. The van der Waals surface area contributed by atoms with Gasteiger partial charge in [-0.05, 0) is 30.4 Å². The quantitative estimate of drug-likeness (QED) is 0.774. The van der Waals surface area contributed by atoms with Gasteiger partial charge >= 0.3 is 5.69 Å². The van der Waals surface area contributed by atoms with Crippen molar-refractivity contribution in [2.45, 2.75) is 12.7 Å². The largest absolute Gasteiger partial charge is 0.458 e. The molecule has 6 heteroatoms. The highest BCUT2D eigenvalue weighted by Crippen LogP contribution is 2.46. The number of H-pyrrole nitrogens is 1. The molecule has 2 heterocycles. The minimum atomic E-state index is -1.20. The number of aromatic amines is 1. The predicted octanol–water partition coefficient (Wildman–Crippen LogP) is 1.07. The Morgan fingerprint density at radius 1 is 1.35 bits per heavy atom. The van der Waals surface area contributed by atoms with Crippen LogP contribution < -0.4 is 15.9 Å². The molecule has 1 aromatic carbocycles. The number of hydrogen-bond acceptors (Lipinski definition) is 3. The zero-order valence-corrected chi connectivity index (χ0v) is 12.2. The molecule has 2 radical (unpaired) electrons. The van der Waals surface area contributed by atoms with Gasteiger partial charge in [0.15, 0.2) is 0 Å². The summed E-state index contributed by atoms with van der Waals surface area (Å²) in [6, 6.07) is 5.18. The van der Waals surface area contributed by atoms with Crippen LogP contribution >= 0.6 is 0 Å². The van der Waals surface area contributed by atoms with Crippen LogP contribution in [-0.4, -0.2) is 22.5 Å². The second-order valence-corrected chi connectivity index (χ2v) is 6.27. The van der Waals surface area contributed by atoms with Gasteiger partial charge in [0.05, 0.1) is 5.69 Å². The highest BCUT2D eigenvalue weighted by atomic mass is 16.6. The first-order valence-electron chi connectivity index (χ1n) is 7.62. The van der Waals surface area contributed by atoms with Crippen molar-refractivity contribution in [2.24, 2.45) is 11.8 Å². The molecule has 2 aliphatic carbocycles. The Morgan fingerprint density at radius 2 is 2.22 bits per heavy atom. The normalized spacial score (nSPS) is 26.7. The first-order valence-corrected chi connectivity index (χ1v) is 7.62. The molecule has 5 nitrogen and oxygen atoms in total. The maximum absolute atomic E-state index is 12.5. The summed E-state index contributed by atoms with van der Waals surface area (Å²) in [7, 11) is 5.89. The predicted molar refractivity (Wildman–Crippen MR) is 86.5 cm³/mol.